The van der Waals surface area contributed by atoms with Gasteiger partial charge in [-0.1, -0.05) is 39.0 Å². The second kappa shape index (κ2) is 9.70. The van der Waals surface area contributed by atoms with Crippen LogP contribution in [0, 0.1) is 11.8 Å². The number of rotatable bonds is 6. The molecule has 0 saturated carbocycles. The van der Waals surface area contributed by atoms with Crippen LogP contribution in [0.2, 0.25) is 0 Å². The van der Waals surface area contributed by atoms with E-state index in [-0.39, 0.29) is 17.4 Å². The summed E-state index contributed by atoms with van der Waals surface area (Å²) in [5.41, 5.74) is 3.63. The van der Waals surface area contributed by atoms with E-state index in [9.17, 15) is 4.79 Å². The molecule has 5 atom stereocenters. The molecule has 188 valence electrons. The van der Waals surface area contributed by atoms with E-state index in [1.807, 2.05) is 54.7 Å². The highest BCUT2D eigenvalue weighted by Crippen LogP contribution is 2.44. The first-order valence-corrected chi connectivity index (χ1v) is 12.9. The summed E-state index contributed by atoms with van der Waals surface area (Å²) in [6.45, 7) is 12.5. The molecule has 3 aliphatic rings. The van der Waals surface area contributed by atoms with Crippen LogP contribution in [-0.4, -0.2) is 42.1 Å². The molecule has 3 saturated heterocycles. The van der Waals surface area contributed by atoms with Crippen LogP contribution in [0.5, 0.6) is 5.75 Å². The predicted octanol–water partition coefficient (Wildman–Crippen LogP) is 6.34. The molecule has 3 aliphatic heterocycles. The number of fused-ring (bicyclic) bond motifs is 4. The van der Waals surface area contributed by atoms with Crippen LogP contribution in [0.3, 0.4) is 0 Å². The monoisotopic (exact) mass is 484 g/mol. The summed E-state index contributed by atoms with van der Waals surface area (Å²) >= 11 is 0. The molecule has 5 heteroatoms. The average Bonchev–Trinajstić information content (AvgIpc) is 2.90. The zero-order chi connectivity index (χ0) is 25.4. The summed E-state index contributed by atoms with van der Waals surface area (Å²) < 4.78 is 11.9. The predicted molar refractivity (Wildman–Crippen MR) is 143 cm³/mol. The van der Waals surface area contributed by atoms with E-state index < -0.39 is 6.10 Å². The van der Waals surface area contributed by atoms with Gasteiger partial charge in [0.2, 0.25) is 0 Å². The molecule has 4 unspecified atom stereocenters. The molecule has 0 aliphatic carbocycles. The Hall–Kier alpha value is -3.18. The van der Waals surface area contributed by atoms with Crippen molar-refractivity contribution in [1.29, 1.82) is 0 Å². The first-order chi connectivity index (χ1) is 17.3. The third kappa shape index (κ3) is 4.64. The minimum atomic E-state index is -0.411. The van der Waals surface area contributed by atoms with Gasteiger partial charge in [-0.05, 0) is 78.6 Å². The Morgan fingerprint density at radius 1 is 1.17 bits per heavy atom. The number of benzene rings is 2. The minimum absolute atomic E-state index is 0.0241. The number of piperidine rings is 3. The highest BCUT2D eigenvalue weighted by atomic mass is 16.5. The van der Waals surface area contributed by atoms with Gasteiger partial charge in [0.15, 0.2) is 0 Å². The lowest BCUT2D eigenvalue weighted by Gasteiger charge is -2.51. The highest BCUT2D eigenvalue weighted by molar-refractivity contribution is 5.90. The molecule has 6 rings (SSSR count). The van der Waals surface area contributed by atoms with Gasteiger partial charge in [0.25, 0.3) is 0 Å². The molecule has 1 aromatic heterocycles. The van der Waals surface area contributed by atoms with E-state index in [0.29, 0.717) is 17.4 Å². The van der Waals surface area contributed by atoms with Gasteiger partial charge >= 0.3 is 5.97 Å². The Labute approximate surface area is 214 Å². The molecule has 2 aromatic carbocycles. The van der Waals surface area contributed by atoms with E-state index in [1.165, 1.54) is 5.56 Å². The summed E-state index contributed by atoms with van der Waals surface area (Å²) in [7, 11) is 1.66. The lowest BCUT2D eigenvalue weighted by molar-refractivity contribution is -0.0568. The molecule has 0 N–H and O–H groups in total. The molecule has 0 radical (unpaired) electrons. The summed E-state index contributed by atoms with van der Waals surface area (Å²) in [6, 6.07) is 15.8. The smallest absolute Gasteiger partial charge is 0.338 e. The van der Waals surface area contributed by atoms with Crippen molar-refractivity contribution in [2.75, 3.05) is 20.2 Å². The molecule has 5 nitrogen and oxygen atoms in total. The Kier molecular flexibility index (Phi) is 6.60. The van der Waals surface area contributed by atoms with E-state index in [2.05, 4.69) is 43.3 Å². The SMILES string of the molecule is C=CC1CN2CCC1CC2[C@@H](OC(=O)c1ccc(C(C)(C)C)cc1)c1ccnc2ccc(OC)cc12. The van der Waals surface area contributed by atoms with Crippen molar-refractivity contribution in [1.82, 2.24) is 9.88 Å². The zero-order valence-corrected chi connectivity index (χ0v) is 21.7. The number of hydrogen-bond donors (Lipinski definition) is 0. The maximum Gasteiger partial charge on any atom is 0.338 e. The first-order valence-electron chi connectivity index (χ1n) is 12.9. The van der Waals surface area contributed by atoms with Crippen LogP contribution < -0.4 is 4.74 Å². The molecule has 3 aromatic rings. The van der Waals surface area contributed by atoms with Gasteiger partial charge in [-0.15, -0.1) is 6.58 Å². The van der Waals surface area contributed by atoms with Crippen LogP contribution in [0.15, 0.2) is 67.4 Å². The number of pyridine rings is 1. The van der Waals surface area contributed by atoms with Gasteiger partial charge in [-0.3, -0.25) is 9.88 Å². The number of methoxy groups -OCH3 is 1. The molecular weight excluding hydrogens is 448 g/mol. The standard InChI is InChI=1S/C31H36N2O3/c1-6-20-19-33-16-14-22(20)17-28(33)29(25-13-15-32-27-12-11-24(35-5)18-26(25)27)36-30(34)21-7-9-23(10-8-21)31(2,3)4/h6-13,15,18,20,22,28-29H,1,14,16-17,19H2,2-5H3/t20?,22?,28?,29-/m0/s1. The van der Waals surface area contributed by atoms with Gasteiger partial charge in [0, 0.05) is 23.7 Å². The van der Waals surface area contributed by atoms with Gasteiger partial charge in [0.05, 0.1) is 24.2 Å². The Balaban J connectivity index is 1.53. The normalized spacial score (nSPS) is 24.3. The third-order valence-corrected chi connectivity index (χ3v) is 8.01. The second-order valence-corrected chi connectivity index (χ2v) is 11.2. The molecule has 0 spiro atoms. The Morgan fingerprint density at radius 3 is 2.58 bits per heavy atom. The van der Waals surface area contributed by atoms with Crippen LogP contribution in [-0.2, 0) is 10.2 Å². The second-order valence-electron chi connectivity index (χ2n) is 11.2. The van der Waals surface area contributed by atoms with Crippen LogP contribution >= 0.6 is 0 Å². The van der Waals surface area contributed by atoms with E-state index in [1.54, 1.807) is 7.11 Å². The quantitative estimate of drug-likeness (QED) is 0.302. The fourth-order valence-corrected chi connectivity index (χ4v) is 5.85. The van der Waals surface area contributed by atoms with E-state index in [0.717, 1.165) is 48.1 Å². The van der Waals surface area contributed by atoms with Crippen LogP contribution in [0.1, 0.15) is 61.2 Å². The van der Waals surface area contributed by atoms with Gasteiger partial charge in [-0.2, -0.15) is 0 Å². The summed E-state index contributed by atoms with van der Waals surface area (Å²) in [5, 5.41) is 0.959. The van der Waals surface area contributed by atoms with Crippen LogP contribution in [0.4, 0.5) is 0 Å². The topological polar surface area (TPSA) is 51.7 Å². The van der Waals surface area contributed by atoms with Gasteiger partial charge in [-0.25, -0.2) is 4.79 Å². The first kappa shape index (κ1) is 24.5. The number of carbonyl (C=O) groups excluding carboxylic acids is 1. The highest BCUT2D eigenvalue weighted by Gasteiger charge is 2.44. The molecular formula is C31H36N2O3. The number of nitrogens with zero attached hydrogens (tertiary/aromatic N) is 2. The molecule has 2 bridgehead atoms. The maximum absolute atomic E-state index is 13.5. The van der Waals surface area contributed by atoms with Crippen molar-refractivity contribution in [3.8, 4) is 5.75 Å². The Bertz CT molecular complexity index is 1260. The lowest BCUT2D eigenvalue weighted by Crippen LogP contribution is -2.55. The van der Waals surface area contributed by atoms with Crippen molar-refractivity contribution in [2.45, 2.75) is 51.2 Å². The van der Waals surface area contributed by atoms with Gasteiger partial charge in [0.1, 0.15) is 11.9 Å². The number of hydrogen-bond acceptors (Lipinski definition) is 5. The largest absolute Gasteiger partial charge is 0.497 e. The van der Waals surface area contributed by atoms with Crippen molar-refractivity contribution in [3.63, 3.8) is 0 Å². The van der Waals surface area contributed by atoms with E-state index >= 15 is 0 Å². The zero-order valence-electron chi connectivity index (χ0n) is 21.7. The van der Waals surface area contributed by atoms with Crippen molar-refractivity contribution in [2.24, 2.45) is 11.8 Å². The fourth-order valence-electron chi connectivity index (χ4n) is 5.85. The summed E-state index contributed by atoms with van der Waals surface area (Å²) in [6.07, 6.45) is 5.63. The third-order valence-electron chi connectivity index (χ3n) is 8.01. The molecule has 36 heavy (non-hydrogen) atoms. The van der Waals surface area contributed by atoms with Crippen LogP contribution in [0.25, 0.3) is 10.9 Å². The lowest BCUT2D eigenvalue weighted by atomic mass is 9.73. The van der Waals surface area contributed by atoms with Crippen molar-refractivity contribution in [3.05, 3.63) is 84.1 Å². The minimum Gasteiger partial charge on any atom is -0.497 e. The number of ether oxygens (including phenoxy) is 2. The van der Waals surface area contributed by atoms with Crippen molar-refractivity contribution >= 4 is 16.9 Å². The summed E-state index contributed by atoms with van der Waals surface area (Å²) in [4.78, 5) is 20.6. The molecule has 4 heterocycles. The Morgan fingerprint density at radius 2 is 1.94 bits per heavy atom. The van der Waals surface area contributed by atoms with Gasteiger partial charge < -0.3 is 9.47 Å². The average molecular weight is 485 g/mol. The number of esters is 1. The number of aromatic nitrogens is 1. The summed E-state index contributed by atoms with van der Waals surface area (Å²) in [5.74, 6) is 1.52. The maximum atomic E-state index is 13.5. The molecule has 0 amide bonds. The van der Waals surface area contributed by atoms with E-state index in [4.69, 9.17) is 9.47 Å². The number of carbonyl (C=O) groups is 1. The fraction of sp³-hybridized carbons (Fsp3) is 0.419. The molecule has 3 fully saturated rings. The van der Waals surface area contributed by atoms with Crippen molar-refractivity contribution < 1.29 is 14.3 Å².